The Hall–Kier alpha value is -7.06. The van der Waals surface area contributed by atoms with E-state index in [1.807, 2.05) is 11.3 Å². The van der Waals surface area contributed by atoms with Crippen LogP contribution in [0.5, 0.6) is 0 Å². The molecule has 0 N–H and O–H groups in total. The normalized spacial score (nSPS) is 13.3. The summed E-state index contributed by atoms with van der Waals surface area (Å²) in [7, 11) is 0. The largest absolute Gasteiger partial charge is 0.135 e. The van der Waals surface area contributed by atoms with E-state index in [0.717, 1.165) is 0 Å². The maximum Gasteiger partial charge on any atom is 0.0408 e. The predicted octanol–water partition coefficient (Wildman–Crippen LogP) is 17.1. The van der Waals surface area contributed by atoms with Gasteiger partial charge in [-0.1, -0.05) is 184 Å². The van der Waals surface area contributed by atoms with Crippen LogP contribution < -0.4 is 0 Å². The van der Waals surface area contributed by atoms with E-state index in [4.69, 9.17) is 0 Å². The van der Waals surface area contributed by atoms with Crippen molar-refractivity contribution in [2.24, 2.45) is 0 Å². The first-order valence-electron chi connectivity index (χ1n) is 21.0. The second-order valence-electron chi connectivity index (χ2n) is 17.1. The third kappa shape index (κ3) is 4.67. The van der Waals surface area contributed by atoms with E-state index in [2.05, 4.69) is 208 Å². The molecule has 0 saturated carbocycles. The van der Waals surface area contributed by atoms with Gasteiger partial charge >= 0.3 is 0 Å². The van der Waals surface area contributed by atoms with Crippen molar-refractivity contribution in [2.45, 2.75) is 19.3 Å². The van der Waals surface area contributed by atoms with Gasteiger partial charge in [-0.25, -0.2) is 0 Å². The summed E-state index contributed by atoms with van der Waals surface area (Å²) < 4.78 is 2.79. The molecule has 0 unspecified atom stereocenters. The van der Waals surface area contributed by atoms with Crippen molar-refractivity contribution in [3.8, 4) is 44.5 Å². The summed E-state index contributed by atoms with van der Waals surface area (Å²) in [5.74, 6) is 0. The van der Waals surface area contributed by atoms with E-state index in [9.17, 15) is 0 Å². The maximum absolute atomic E-state index is 2.47. The second-order valence-corrected chi connectivity index (χ2v) is 18.2. The van der Waals surface area contributed by atoms with E-state index >= 15 is 0 Å². The summed E-state index contributed by atoms with van der Waals surface area (Å²) in [6.45, 7) is 4.85. The summed E-state index contributed by atoms with van der Waals surface area (Å²) >= 11 is 1.96. The van der Waals surface area contributed by atoms with Gasteiger partial charge in [0.15, 0.2) is 0 Å². The summed E-state index contributed by atoms with van der Waals surface area (Å²) in [6.07, 6.45) is 0. The fraction of sp³-hybridized carbons (Fsp3) is 0.0508. The number of fused-ring (bicyclic) bond motifs is 14. The fourth-order valence-electron chi connectivity index (χ4n) is 10.9. The first kappa shape index (κ1) is 33.9. The Morgan fingerprint density at radius 2 is 0.867 bits per heavy atom. The van der Waals surface area contributed by atoms with E-state index < -0.39 is 0 Å². The minimum atomic E-state index is -0.117. The molecule has 0 radical (unpaired) electrons. The smallest absolute Gasteiger partial charge is 0.0408 e. The highest BCUT2D eigenvalue weighted by molar-refractivity contribution is 7.26. The van der Waals surface area contributed by atoms with Crippen LogP contribution in [0.25, 0.3) is 119 Å². The van der Waals surface area contributed by atoms with Crippen LogP contribution >= 0.6 is 11.3 Å². The topological polar surface area (TPSA) is 0 Å². The van der Waals surface area contributed by atoms with Gasteiger partial charge in [-0.15, -0.1) is 11.3 Å². The van der Waals surface area contributed by atoms with E-state index in [-0.39, 0.29) is 5.41 Å². The molecule has 0 saturated heterocycles. The molecular weight excluding hydrogens is 741 g/mol. The Morgan fingerprint density at radius 1 is 0.350 bits per heavy atom. The minimum absolute atomic E-state index is 0.117. The molecular formula is C59H38S. The number of rotatable bonds is 3. The number of benzene rings is 11. The molecule has 12 aromatic rings. The van der Waals surface area contributed by atoms with Gasteiger partial charge in [-0.3, -0.25) is 0 Å². The number of hydrogen-bond acceptors (Lipinski definition) is 1. The molecule has 0 spiro atoms. The zero-order valence-corrected chi connectivity index (χ0v) is 34.2. The van der Waals surface area contributed by atoms with Gasteiger partial charge in [0.2, 0.25) is 0 Å². The van der Waals surface area contributed by atoms with Crippen LogP contribution in [0.2, 0.25) is 0 Å². The summed E-state index contributed by atoms with van der Waals surface area (Å²) in [5.41, 5.74) is 13.1. The highest BCUT2D eigenvalue weighted by Gasteiger charge is 2.39. The lowest BCUT2D eigenvalue weighted by Crippen LogP contribution is -2.15. The maximum atomic E-state index is 2.47. The van der Waals surface area contributed by atoms with Crippen LogP contribution in [0.3, 0.4) is 0 Å². The summed E-state index contributed by atoms with van der Waals surface area (Å²) in [5, 5.41) is 15.6. The average molecular weight is 779 g/mol. The lowest BCUT2D eigenvalue weighted by atomic mass is 9.81. The molecule has 0 amide bonds. The van der Waals surface area contributed by atoms with E-state index in [1.165, 1.54) is 130 Å². The highest BCUT2D eigenvalue weighted by Crippen LogP contribution is 2.57. The van der Waals surface area contributed by atoms with Gasteiger partial charge in [0.1, 0.15) is 0 Å². The van der Waals surface area contributed by atoms with Gasteiger partial charge in [0.05, 0.1) is 0 Å². The molecule has 0 bridgehead atoms. The molecule has 0 aliphatic heterocycles. The number of thiophene rings is 1. The zero-order chi connectivity index (χ0) is 39.7. The lowest BCUT2D eigenvalue weighted by molar-refractivity contribution is 0.667. The predicted molar refractivity (Wildman–Crippen MR) is 261 cm³/mol. The van der Waals surface area contributed by atoms with Crippen LogP contribution in [0.4, 0.5) is 0 Å². The van der Waals surface area contributed by atoms with Crippen LogP contribution in [-0.4, -0.2) is 0 Å². The Kier molecular flexibility index (Phi) is 7.04. The molecule has 0 nitrogen and oxygen atoms in total. The van der Waals surface area contributed by atoms with Crippen molar-refractivity contribution in [1.82, 2.24) is 0 Å². The molecule has 1 heteroatoms. The third-order valence-corrected chi connectivity index (χ3v) is 14.8. The Morgan fingerprint density at radius 3 is 1.58 bits per heavy atom. The van der Waals surface area contributed by atoms with Crippen molar-refractivity contribution in [3.63, 3.8) is 0 Å². The molecule has 1 aromatic heterocycles. The number of hydrogen-bond donors (Lipinski definition) is 0. The fourth-order valence-corrected chi connectivity index (χ4v) is 12.3. The molecule has 0 fully saturated rings. The highest BCUT2D eigenvalue weighted by atomic mass is 32.1. The molecule has 0 atom stereocenters. The van der Waals surface area contributed by atoms with Crippen LogP contribution in [0.15, 0.2) is 194 Å². The Balaban J connectivity index is 0.963. The van der Waals surface area contributed by atoms with Gasteiger partial charge < -0.3 is 0 Å². The lowest BCUT2D eigenvalue weighted by Gasteiger charge is -2.23. The standard InChI is InChI=1S/C59H38S/c1-59(2)51-31-30-39(34-50(51)55-47-21-9-10-22-48(47)56-49-23-11-12-25-52(49)60-58(56)57(55)59)37-26-27-38-33-40(29-28-36(38)32-37)53-43-17-5-7-19-45(43)54(46-20-8-6-18-44(46)53)42-24-13-15-35-14-3-4-16-41(35)42/h3-34H,1-2H3. The van der Waals surface area contributed by atoms with Crippen molar-refractivity contribution in [2.75, 3.05) is 0 Å². The van der Waals surface area contributed by atoms with Gasteiger partial charge in [0, 0.05) is 25.6 Å². The van der Waals surface area contributed by atoms with E-state index in [0.29, 0.717) is 0 Å². The summed E-state index contributed by atoms with van der Waals surface area (Å²) in [4.78, 5) is 0. The molecule has 13 rings (SSSR count). The molecule has 1 aliphatic carbocycles. The SMILES string of the molecule is CC1(C)c2ccc(-c3ccc4cc(-c5c6ccccc6c(-c6cccc7ccccc67)c6ccccc56)ccc4c3)cc2-c2c1c1sc3ccccc3c1c1ccccc21. The quantitative estimate of drug-likeness (QED) is 0.157. The van der Waals surface area contributed by atoms with Gasteiger partial charge in [0.25, 0.3) is 0 Å². The van der Waals surface area contributed by atoms with Gasteiger partial charge in [-0.2, -0.15) is 0 Å². The van der Waals surface area contributed by atoms with Crippen molar-refractivity contribution in [1.29, 1.82) is 0 Å². The average Bonchev–Trinajstić information content (AvgIpc) is 3.80. The van der Waals surface area contributed by atoms with Crippen LogP contribution in [0, 0.1) is 0 Å². The zero-order valence-electron chi connectivity index (χ0n) is 33.4. The molecule has 1 heterocycles. The Labute approximate surface area is 352 Å². The van der Waals surface area contributed by atoms with Gasteiger partial charge in [-0.05, 0) is 134 Å². The molecule has 280 valence electrons. The van der Waals surface area contributed by atoms with Crippen molar-refractivity contribution < 1.29 is 0 Å². The third-order valence-electron chi connectivity index (χ3n) is 13.6. The monoisotopic (exact) mass is 778 g/mol. The second kappa shape index (κ2) is 12.5. The molecule has 1 aliphatic rings. The summed E-state index contributed by atoms with van der Waals surface area (Å²) in [6, 6.07) is 72.8. The van der Waals surface area contributed by atoms with E-state index in [1.54, 1.807) is 0 Å². The minimum Gasteiger partial charge on any atom is -0.135 e. The van der Waals surface area contributed by atoms with Crippen molar-refractivity contribution >= 4 is 85.4 Å². The first-order valence-corrected chi connectivity index (χ1v) is 21.8. The van der Waals surface area contributed by atoms with Crippen LogP contribution in [-0.2, 0) is 5.41 Å². The first-order chi connectivity index (χ1) is 29.5. The van der Waals surface area contributed by atoms with Crippen molar-refractivity contribution in [3.05, 3.63) is 205 Å². The molecule has 11 aromatic carbocycles. The molecule has 60 heavy (non-hydrogen) atoms. The Bertz CT molecular complexity index is 3740. The van der Waals surface area contributed by atoms with Crippen LogP contribution in [0.1, 0.15) is 25.0 Å².